The van der Waals surface area contributed by atoms with Crippen LogP contribution in [-0.2, 0) is 9.53 Å². The highest BCUT2D eigenvalue weighted by Gasteiger charge is 2.20. The topological polar surface area (TPSA) is 64.6 Å². The number of hydrogen-bond acceptors (Lipinski definition) is 4. The SMILES string of the molecule is CC[C@H](Oc1ccc(C)c(C)c1)C(=O)Nc1cc(C(=O)OC)ccc1C. The number of nitrogens with one attached hydrogen (secondary N) is 1. The molecule has 0 saturated heterocycles. The highest BCUT2D eigenvalue weighted by molar-refractivity contribution is 5.97. The zero-order valence-corrected chi connectivity index (χ0v) is 15.9. The summed E-state index contributed by atoms with van der Waals surface area (Å²) in [4.78, 5) is 24.3. The second kappa shape index (κ2) is 8.52. The van der Waals surface area contributed by atoms with Crippen LogP contribution in [0.15, 0.2) is 36.4 Å². The number of carbonyl (C=O) groups is 2. The van der Waals surface area contributed by atoms with E-state index >= 15 is 0 Å². The van der Waals surface area contributed by atoms with Gasteiger partial charge in [-0.15, -0.1) is 0 Å². The molecule has 138 valence electrons. The minimum absolute atomic E-state index is 0.254. The van der Waals surface area contributed by atoms with Gasteiger partial charge in [-0.3, -0.25) is 4.79 Å². The van der Waals surface area contributed by atoms with E-state index in [1.165, 1.54) is 12.7 Å². The predicted molar refractivity (Wildman–Crippen MR) is 102 cm³/mol. The number of amides is 1. The zero-order chi connectivity index (χ0) is 19.3. The van der Waals surface area contributed by atoms with Crippen molar-refractivity contribution in [2.75, 3.05) is 12.4 Å². The number of benzene rings is 2. The average molecular weight is 355 g/mol. The number of methoxy groups -OCH3 is 1. The number of ether oxygens (including phenoxy) is 2. The third-order valence-electron chi connectivity index (χ3n) is 4.34. The fourth-order valence-corrected chi connectivity index (χ4v) is 2.49. The summed E-state index contributed by atoms with van der Waals surface area (Å²) in [5.41, 5.74) is 4.09. The summed E-state index contributed by atoms with van der Waals surface area (Å²) >= 11 is 0. The summed E-state index contributed by atoms with van der Waals surface area (Å²) < 4.78 is 10.6. The van der Waals surface area contributed by atoms with Crippen molar-refractivity contribution in [3.05, 3.63) is 58.7 Å². The second-order valence-corrected chi connectivity index (χ2v) is 6.27. The van der Waals surface area contributed by atoms with Gasteiger partial charge in [-0.05, 0) is 68.1 Å². The summed E-state index contributed by atoms with van der Waals surface area (Å²) in [6.45, 7) is 7.79. The van der Waals surface area contributed by atoms with Gasteiger partial charge < -0.3 is 14.8 Å². The van der Waals surface area contributed by atoms with Crippen LogP contribution in [0.5, 0.6) is 5.75 Å². The second-order valence-electron chi connectivity index (χ2n) is 6.27. The Labute approximate surface area is 154 Å². The lowest BCUT2D eigenvalue weighted by molar-refractivity contribution is -0.122. The van der Waals surface area contributed by atoms with Crippen LogP contribution in [0.4, 0.5) is 5.69 Å². The first-order valence-corrected chi connectivity index (χ1v) is 8.59. The lowest BCUT2D eigenvalue weighted by atomic mass is 10.1. The number of rotatable bonds is 6. The van der Waals surface area contributed by atoms with Crippen LogP contribution in [0, 0.1) is 20.8 Å². The van der Waals surface area contributed by atoms with E-state index in [2.05, 4.69) is 5.32 Å². The van der Waals surface area contributed by atoms with Crippen LogP contribution in [-0.4, -0.2) is 25.1 Å². The standard InChI is InChI=1S/C21H25NO4/c1-6-19(26-17-10-8-13(2)15(4)11-17)20(23)22-18-12-16(21(24)25-5)9-7-14(18)3/h7-12,19H,6H2,1-5H3,(H,22,23)/t19-/m0/s1. The molecule has 2 aromatic carbocycles. The molecule has 0 radical (unpaired) electrons. The van der Waals surface area contributed by atoms with E-state index in [0.717, 1.165) is 11.1 Å². The maximum Gasteiger partial charge on any atom is 0.337 e. The Kier molecular flexibility index (Phi) is 6.39. The number of hydrogen-bond donors (Lipinski definition) is 1. The van der Waals surface area contributed by atoms with E-state index < -0.39 is 12.1 Å². The van der Waals surface area contributed by atoms with Crippen LogP contribution in [0.2, 0.25) is 0 Å². The molecule has 26 heavy (non-hydrogen) atoms. The van der Waals surface area contributed by atoms with Gasteiger partial charge >= 0.3 is 5.97 Å². The molecule has 0 spiro atoms. The first-order valence-electron chi connectivity index (χ1n) is 8.59. The highest BCUT2D eigenvalue weighted by Crippen LogP contribution is 2.21. The van der Waals surface area contributed by atoms with Gasteiger partial charge in [0, 0.05) is 5.69 Å². The minimum atomic E-state index is -0.627. The molecule has 0 aliphatic rings. The van der Waals surface area contributed by atoms with Gasteiger partial charge in [0.15, 0.2) is 6.10 Å². The molecule has 0 fully saturated rings. The van der Waals surface area contributed by atoms with E-state index in [9.17, 15) is 9.59 Å². The third kappa shape index (κ3) is 4.63. The van der Waals surface area contributed by atoms with Gasteiger partial charge in [0.05, 0.1) is 12.7 Å². The average Bonchev–Trinajstić information content (AvgIpc) is 2.63. The maximum atomic E-state index is 12.7. The molecule has 0 saturated carbocycles. The van der Waals surface area contributed by atoms with Crippen LogP contribution in [0.3, 0.4) is 0 Å². The number of anilines is 1. The first kappa shape index (κ1) is 19.5. The Balaban J connectivity index is 2.16. The van der Waals surface area contributed by atoms with Crippen molar-refractivity contribution in [3.8, 4) is 5.75 Å². The van der Waals surface area contributed by atoms with Crippen molar-refractivity contribution in [2.24, 2.45) is 0 Å². The highest BCUT2D eigenvalue weighted by atomic mass is 16.5. The minimum Gasteiger partial charge on any atom is -0.481 e. The van der Waals surface area contributed by atoms with E-state index in [1.807, 2.05) is 45.9 Å². The zero-order valence-electron chi connectivity index (χ0n) is 15.9. The smallest absolute Gasteiger partial charge is 0.337 e. The van der Waals surface area contributed by atoms with Crippen LogP contribution < -0.4 is 10.1 Å². The van der Waals surface area contributed by atoms with E-state index in [0.29, 0.717) is 23.4 Å². The van der Waals surface area contributed by atoms with Gasteiger partial charge in [0.1, 0.15) is 5.75 Å². The molecule has 5 nitrogen and oxygen atoms in total. The Hall–Kier alpha value is -2.82. The molecule has 0 heterocycles. The molecule has 1 amide bonds. The van der Waals surface area contributed by atoms with Crippen LogP contribution in [0.1, 0.15) is 40.4 Å². The number of carbonyl (C=O) groups excluding carboxylic acids is 2. The summed E-state index contributed by atoms with van der Waals surface area (Å²) in [6.07, 6.45) is -0.104. The van der Waals surface area contributed by atoms with Crippen molar-refractivity contribution in [1.29, 1.82) is 0 Å². The molecule has 2 rings (SSSR count). The van der Waals surface area contributed by atoms with Crippen molar-refractivity contribution < 1.29 is 19.1 Å². The summed E-state index contributed by atoms with van der Waals surface area (Å²) in [5.74, 6) is -0.0371. The number of esters is 1. The Morgan fingerprint density at radius 3 is 2.31 bits per heavy atom. The van der Waals surface area contributed by atoms with E-state index in [-0.39, 0.29) is 5.91 Å². The van der Waals surface area contributed by atoms with Crippen molar-refractivity contribution in [1.82, 2.24) is 0 Å². The summed E-state index contributed by atoms with van der Waals surface area (Å²) in [5, 5.41) is 2.86. The van der Waals surface area contributed by atoms with Crippen LogP contribution >= 0.6 is 0 Å². The molecule has 2 aromatic rings. The van der Waals surface area contributed by atoms with Crippen molar-refractivity contribution in [3.63, 3.8) is 0 Å². The van der Waals surface area contributed by atoms with Crippen molar-refractivity contribution in [2.45, 2.75) is 40.2 Å². The molecule has 0 unspecified atom stereocenters. The molecular weight excluding hydrogens is 330 g/mol. The monoisotopic (exact) mass is 355 g/mol. The van der Waals surface area contributed by atoms with Gasteiger partial charge in [-0.1, -0.05) is 19.1 Å². The molecule has 0 aromatic heterocycles. The van der Waals surface area contributed by atoms with Gasteiger partial charge in [-0.25, -0.2) is 4.79 Å². The summed E-state index contributed by atoms with van der Waals surface area (Å²) in [6, 6.07) is 10.8. The maximum absolute atomic E-state index is 12.7. The van der Waals surface area contributed by atoms with Crippen LogP contribution in [0.25, 0.3) is 0 Å². The predicted octanol–water partition coefficient (Wildman–Crippen LogP) is 4.19. The van der Waals surface area contributed by atoms with E-state index in [1.54, 1.807) is 18.2 Å². The first-order chi connectivity index (χ1) is 12.3. The molecule has 5 heteroatoms. The Morgan fingerprint density at radius 1 is 1.00 bits per heavy atom. The largest absolute Gasteiger partial charge is 0.481 e. The molecule has 0 aliphatic heterocycles. The van der Waals surface area contributed by atoms with Gasteiger partial charge in [0.2, 0.25) is 0 Å². The van der Waals surface area contributed by atoms with E-state index in [4.69, 9.17) is 9.47 Å². The quantitative estimate of drug-likeness (QED) is 0.789. The molecule has 0 bridgehead atoms. The normalized spacial score (nSPS) is 11.6. The lowest BCUT2D eigenvalue weighted by Gasteiger charge is -2.19. The lowest BCUT2D eigenvalue weighted by Crippen LogP contribution is -2.32. The van der Waals surface area contributed by atoms with Gasteiger partial charge in [0.25, 0.3) is 5.91 Å². The third-order valence-corrected chi connectivity index (χ3v) is 4.34. The van der Waals surface area contributed by atoms with Gasteiger partial charge in [-0.2, -0.15) is 0 Å². The Morgan fingerprint density at radius 2 is 1.69 bits per heavy atom. The molecule has 1 N–H and O–H groups in total. The molecular formula is C21H25NO4. The Bertz CT molecular complexity index is 814. The number of aryl methyl sites for hydroxylation is 3. The fourth-order valence-electron chi connectivity index (χ4n) is 2.49. The molecule has 0 aliphatic carbocycles. The summed E-state index contributed by atoms with van der Waals surface area (Å²) in [7, 11) is 1.32. The fraction of sp³-hybridized carbons (Fsp3) is 0.333. The van der Waals surface area contributed by atoms with Crippen molar-refractivity contribution >= 4 is 17.6 Å². The molecule has 1 atom stereocenters.